The molecule has 0 rings (SSSR count). The van der Waals surface area contributed by atoms with E-state index in [-0.39, 0.29) is 86.1 Å². The SMILES string of the molecule is CC(=O)/C=C(/C)O.CC(=O)/C=C(/C)O.CC(=O)/C=C(/C)O.CC(=O)/C=C(/C)O.[Th]. The van der Waals surface area contributed by atoms with Gasteiger partial charge in [-0.25, -0.2) is 0 Å². The monoisotopic (exact) mass is 632 g/mol. The molecule has 8 nitrogen and oxygen atoms in total. The van der Waals surface area contributed by atoms with Crippen molar-refractivity contribution in [1.82, 2.24) is 0 Å². The maximum Gasteiger partial charge on any atom is 0.155 e. The van der Waals surface area contributed by atoms with Gasteiger partial charge in [-0.1, -0.05) is 0 Å². The normalized spacial score (nSPS) is 11.0. The molecule has 0 aromatic rings. The third kappa shape index (κ3) is 76.1. The van der Waals surface area contributed by atoms with Gasteiger partial charge in [0.1, 0.15) is 0 Å². The Morgan fingerprint density at radius 1 is 0.414 bits per heavy atom. The zero-order valence-corrected chi connectivity index (χ0v) is 22.3. The van der Waals surface area contributed by atoms with Gasteiger partial charge in [0.25, 0.3) is 0 Å². The van der Waals surface area contributed by atoms with Crippen molar-refractivity contribution in [3.8, 4) is 0 Å². The fraction of sp³-hybridized carbons (Fsp3) is 0.400. The van der Waals surface area contributed by atoms with Crippen LogP contribution in [0.25, 0.3) is 0 Å². The summed E-state index contributed by atoms with van der Waals surface area (Å²) in [5, 5.41) is 33.5. The first-order valence-corrected chi connectivity index (χ1v) is 8.02. The molecule has 0 aromatic carbocycles. The van der Waals surface area contributed by atoms with Gasteiger partial charge in [0.2, 0.25) is 0 Å². The third-order valence-corrected chi connectivity index (χ3v) is 1.65. The van der Waals surface area contributed by atoms with Crippen LogP contribution in [0.1, 0.15) is 55.4 Å². The average molecular weight is 633 g/mol. The molecule has 0 aliphatic rings. The van der Waals surface area contributed by atoms with Crippen molar-refractivity contribution in [3.63, 3.8) is 0 Å². The van der Waals surface area contributed by atoms with Gasteiger partial charge >= 0.3 is 0 Å². The molecular formula is C20H32O8Th. The summed E-state index contributed by atoms with van der Waals surface area (Å²) in [6, 6.07) is 0. The van der Waals surface area contributed by atoms with Crippen LogP contribution in [0.5, 0.6) is 0 Å². The summed E-state index contributed by atoms with van der Waals surface area (Å²) >= 11 is 0. The van der Waals surface area contributed by atoms with E-state index in [1.54, 1.807) is 0 Å². The van der Waals surface area contributed by atoms with Crippen molar-refractivity contribution in [2.75, 3.05) is 0 Å². The molecule has 0 spiro atoms. The molecule has 0 fully saturated rings. The van der Waals surface area contributed by atoms with Crippen molar-refractivity contribution < 1.29 is 79.5 Å². The van der Waals surface area contributed by atoms with Crippen LogP contribution in [0.4, 0.5) is 0 Å². The standard InChI is InChI=1S/4C5H8O2.Th/c4*1-4(6)3-5(2)7;/h4*3,6H,1-2H3;/b4*4-3-;. The summed E-state index contributed by atoms with van der Waals surface area (Å²) < 4.78 is 0. The van der Waals surface area contributed by atoms with Crippen LogP contribution in [0, 0.1) is 39.9 Å². The molecule has 29 heavy (non-hydrogen) atoms. The Kier molecular flexibility index (Phi) is 31.6. The molecule has 0 unspecified atom stereocenters. The molecule has 0 aliphatic carbocycles. The van der Waals surface area contributed by atoms with Crippen LogP contribution >= 0.6 is 0 Å². The van der Waals surface area contributed by atoms with Crippen molar-refractivity contribution in [2.24, 2.45) is 0 Å². The van der Waals surface area contributed by atoms with Crippen LogP contribution in [-0.2, 0) is 19.2 Å². The third-order valence-electron chi connectivity index (χ3n) is 1.65. The molecule has 164 valence electrons. The van der Waals surface area contributed by atoms with Crippen molar-refractivity contribution in [3.05, 3.63) is 47.3 Å². The summed E-state index contributed by atoms with van der Waals surface area (Å²) in [5.74, 6) is -0.250. The fourth-order valence-corrected chi connectivity index (χ4v) is 1.18. The summed E-state index contributed by atoms with van der Waals surface area (Å²) in [4.78, 5) is 40.1. The molecule has 0 aromatic heterocycles. The van der Waals surface area contributed by atoms with Gasteiger partial charge in [0.15, 0.2) is 23.1 Å². The van der Waals surface area contributed by atoms with Gasteiger partial charge < -0.3 is 20.4 Å². The number of allylic oxidation sites excluding steroid dienone is 8. The zero-order chi connectivity index (χ0) is 23.4. The van der Waals surface area contributed by atoms with E-state index in [0.717, 1.165) is 0 Å². The van der Waals surface area contributed by atoms with E-state index in [1.807, 2.05) is 0 Å². The summed E-state index contributed by atoms with van der Waals surface area (Å²) in [6.45, 7) is 11.4. The second kappa shape index (κ2) is 24.2. The number of carbonyl (C=O) groups excluding carboxylic acids is 4. The fourth-order valence-electron chi connectivity index (χ4n) is 1.18. The Hall–Kier alpha value is -1.84. The maximum atomic E-state index is 10.0. The van der Waals surface area contributed by atoms with Gasteiger partial charge in [-0.05, 0) is 55.4 Å². The van der Waals surface area contributed by atoms with E-state index in [4.69, 9.17) is 20.4 Å². The first kappa shape index (κ1) is 37.9. The second-order valence-electron chi connectivity index (χ2n) is 5.59. The number of ketones is 4. The average Bonchev–Trinajstić information content (AvgIpc) is 2.32. The van der Waals surface area contributed by atoms with Gasteiger partial charge in [-0.15, -0.1) is 0 Å². The molecule has 9 heteroatoms. The topological polar surface area (TPSA) is 149 Å². The molecule has 0 atom stereocenters. The van der Waals surface area contributed by atoms with Gasteiger partial charge in [0, 0.05) is 64.2 Å². The van der Waals surface area contributed by atoms with Crippen molar-refractivity contribution >= 4 is 23.1 Å². The van der Waals surface area contributed by atoms with E-state index in [2.05, 4.69) is 0 Å². The Bertz CT molecular complexity index is 513. The maximum absolute atomic E-state index is 10.0. The number of carbonyl (C=O) groups is 4. The zero-order valence-electron chi connectivity index (χ0n) is 18.2. The van der Waals surface area contributed by atoms with Gasteiger partial charge in [-0.3, -0.25) is 19.2 Å². The van der Waals surface area contributed by atoms with Crippen LogP contribution in [-0.4, -0.2) is 43.6 Å². The van der Waals surface area contributed by atoms with E-state index >= 15 is 0 Å². The van der Waals surface area contributed by atoms with E-state index in [1.165, 1.54) is 79.7 Å². The minimum Gasteiger partial charge on any atom is -0.512 e. The van der Waals surface area contributed by atoms with Crippen LogP contribution in [0.15, 0.2) is 47.3 Å². The summed E-state index contributed by atoms with van der Waals surface area (Å²) in [5.41, 5.74) is 0. The van der Waals surface area contributed by atoms with E-state index in [0.29, 0.717) is 0 Å². The Morgan fingerprint density at radius 2 is 0.517 bits per heavy atom. The first-order valence-electron chi connectivity index (χ1n) is 8.02. The minimum atomic E-state index is -0.125. The smallest absolute Gasteiger partial charge is 0.155 e. The summed E-state index contributed by atoms with van der Waals surface area (Å²) in [7, 11) is 0. The first-order chi connectivity index (χ1) is 12.5. The van der Waals surface area contributed by atoms with Gasteiger partial charge in [-0.2, -0.15) is 0 Å². The number of hydrogen-bond donors (Lipinski definition) is 4. The number of rotatable bonds is 4. The molecule has 0 saturated heterocycles. The Morgan fingerprint density at radius 3 is 0.517 bits per heavy atom. The second-order valence-corrected chi connectivity index (χ2v) is 5.59. The van der Waals surface area contributed by atoms with Crippen LogP contribution in [0.2, 0.25) is 0 Å². The molecule has 0 heterocycles. The largest absolute Gasteiger partial charge is 0.512 e. The number of aliphatic hydroxyl groups is 4. The molecule has 4 N–H and O–H groups in total. The van der Waals surface area contributed by atoms with Crippen LogP contribution < -0.4 is 0 Å². The molecule has 0 bridgehead atoms. The molecule has 0 saturated carbocycles. The minimum absolute atomic E-state index is 0. The predicted octanol–water partition coefficient (Wildman–Crippen LogP) is 4.15. The molecule has 0 radical (unpaired) electrons. The predicted molar refractivity (Wildman–Crippen MR) is 108 cm³/mol. The summed E-state index contributed by atoms with van der Waals surface area (Å²) in [6.07, 6.45) is 4.67. The molecule has 0 aliphatic heterocycles. The van der Waals surface area contributed by atoms with Crippen LogP contribution in [0.3, 0.4) is 0 Å². The number of hydrogen-bond acceptors (Lipinski definition) is 8. The molecule has 0 amide bonds. The quantitative estimate of drug-likeness (QED) is 0.267. The number of aliphatic hydroxyl groups excluding tert-OH is 4. The van der Waals surface area contributed by atoms with Crippen molar-refractivity contribution in [2.45, 2.75) is 55.4 Å². The van der Waals surface area contributed by atoms with E-state index in [9.17, 15) is 19.2 Å². The van der Waals surface area contributed by atoms with Crippen molar-refractivity contribution in [1.29, 1.82) is 0 Å². The Labute approximate surface area is 204 Å². The van der Waals surface area contributed by atoms with Gasteiger partial charge in [0.05, 0.1) is 23.0 Å². The van der Waals surface area contributed by atoms with E-state index < -0.39 is 0 Å². The molecular weight excluding hydrogens is 600 g/mol. The Balaban J connectivity index is -0.0000000873.